The Hall–Kier alpha value is 0.100. The van der Waals surface area contributed by atoms with Crippen LogP contribution in [-0.2, 0) is 4.74 Å². The Morgan fingerprint density at radius 2 is 2.53 bits per heavy atom. The molecule has 0 aromatic carbocycles. The van der Waals surface area contributed by atoms with Gasteiger partial charge in [-0.1, -0.05) is 0 Å². The number of hydrogen-bond donors (Lipinski definition) is 1. The first-order valence-corrected chi connectivity index (χ1v) is 6.91. The van der Waals surface area contributed by atoms with Crippen molar-refractivity contribution in [3.63, 3.8) is 0 Å². The summed E-state index contributed by atoms with van der Waals surface area (Å²) < 4.78 is 6.77. The zero-order valence-corrected chi connectivity index (χ0v) is 11.2. The SMILES string of the molecule is Cc1sc(C(N)CC2CCCO2)cc1Br. The van der Waals surface area contributed by atoms with Crippen LogP contribution in [0.3, 0.4) is 0 Å². The largest absolute Gasteiger partial charge is 0.378 e. The van der Waals surface area contributed by atoms with Crippen molar-refractivity contribution in [3.05, 3.63) is 20.3 Å². The van der Waals surface area contributed by atoms with E-state index in [0.29, 0.717) is 6.10 Å². The van der Waals surface area contributed by atoms with Gasteiger partial charge in [0, 0.05) is 26.9 Å². The molecule has 0 spiro atoms. The molecule has 15 heavy (non-hydrogen) atoms. The molecule has 0 saturated carbocycles. The van der Waals surface area contributed by atoms with Crippen LogP contribution in [-0.4, -0.2) is 12.7 Å². The second kappa shape index (κ2) is 4.95. The monoisotopic (exact) mass is 289 g/mol. The third-order valence-corrected chi connectivity index (χ3v) is 5.05. The predicted octanol–water partition coefficient (Wildman–Crippen LogP) is 3.39. The van der Waals surface area contributed by atoms with Crippen molar-refractivity contribution in [3.8, 4) is 0 Å². The molecule has 2 unspecified atom stereocenters. The normalized spacial score (nSPS) is 23.3. The van der Waals surface area contributed by atoms with Crippen LogP contribution in [0.5, 0.6) is 0 Å². The molecule has 2 heterocycles. The first-order chi connectivity index (χ1) is 7.16. The maximum atomic E-state index is 6.17. The fourth-order valence-corrected chi connectivity index (χ4v) is 3.47. The molecule has 2 nitrogen and oxygen atoms in total. The summed E-state index contributed by atoms with van der Waals surface area (Å²) in [5.41, 5.74) is 6.17. The molecule has 1 saturated heterocycles. The van der Waals surface area contributed by atoms with Gasteiger partial charge in [0.05, 0.1) is 6.10 Å². The van der Waals surface area contributed by atoms with E-state index in [-0.39, 0.29) is 6.04 Å². The van der Waals surface area contributed by atoms with Gasteiger partial charge in [-0.15, -0.1) is 11.3 Å². The van der Waals surface area contributed by atoms with Gasteiger partial charge in [-0.05, 0) is 48.2 Å². The summed E-state index contributed by atoms with van der Waals surface area (Å²) in [4.78, 5) is 2.56. The van der Waals surface area contributed by atoms with Crippen molar-refractivity contribution in [2.75, 3.05) is 6.61 Å². The van der Waals surface area contributed by atoms with Crippen LogP contribution in [0.4, 0.5) is 0 Å². The molecule has 0 aliphatic carbocycles. The van der Waals surface area contributed by atoms with Gasteiger partial charge >= 0.3 is 0 Å². The van der Waals surface area contributed by atoms with E-state index in [2.05, 4.69) is 28.9 Å². The van der Waals surface area contributed by atoms with E-state index < -0.39 is 0 Å². The molecule has 0 bridgehead atoms. The molecule has 0 radical (unpaired) electrons. The van der Waals surface area contributed by atoms with E-state index in [4.69, 9.17) is 10.5 Å². The number of thiophene rings is 1. The van der Waals surface area contributed by atoms with Crippen LogP contribution in [0.2, 0.25) is 0 Å². The summed E-state index contributed by atoms with van der Waals surface area (Å²) in [6.07, 6.45) is 3.68. The lowest BCUT2D eigenvalue weighted by Gasteiger charge is -2.14. The second-order valence-electron chi connectivity index (χ2n) is 4.03. The summed E-state index contributed by atoms with van der Waals surface area (Å²) in [5.74, 6) is 0. The van der Waals surface area contributed by atoms with E-state index in [1.807, 2.05) is 0 Å². The minimum atomic E-state index is 0.128. The minimum absolute atomic E-state index is 0.128. The van der Waals surface area contributed by atoms with E-state index >= 15 is 0 Å². The van der Waals surface area contributed by atoms with E-state index in [0.717, 1.165) is 13.0 Å². The van der Waals surface area contributed by atoms with E-state index in [9.17, 15) is 0 Å². The van der Waals surface area contributed by atoms with Gasteiger partial charge in [-0.3, -0.25) is 0 Å². The standard InChI is InChI=1S/C11H16BrNOS/c1-7-9(12)6-11(15-7)10(13)5-8-3-2-4-14-8/h6,8,10H,2-5,13H2,1H3. The third kappa shape index (κ3) is 2.81. The van der Waals surface area contributed by atoms with Crippen molar-refractivity contribution in [2.45, 2.75) is 38.3 Å². The lowest BCUT2D eigenvalue weighted by Crippen LogP contribution is -2.17. The van der Waals surface area contributed by atoms with Gasteiger partial charge in [0.25, 0.3) is 0 Å². The molecule has 1 fully saturated rings. The maximum Gasteiger partial charge on any atom is 0.0594 e. The fourth-order valence-electron chi connectivity index (χ4n) is 1.89. The van der Waals surface area contributed by atoms with Crippen LogP contribution in [0.25, 0.3) is 0 Å². The average Bonchev–Trinajstić information content (AvgIpc) is 2.78. The fraction of sp³-hybridized carbons (Fsp3) is 0.636. The molecular formula is C11H16BrNOS. The summed E-state index contributed by atoms with van der Waals surface area (Å²) in [7, 11) is 0. The molecule has 1 aliphatic heterocycles. The lowest BCUT2D eigenvalue weighted by atomic mass is 10.1. The van der Waals surface area contributed by atoms with E-state index in [1.165, 1.54) is 27.1 Å². The van der Waals surface area contributed by atoms with E-state index in [1.54, 1.807) is 11.3 Å². The number of aryl methyl sites for hydroxylation is 1. The number of hydrogen-bond acceptors (Lipinski definition) is 3. The summed E-state index contributed by atoms with van der Waals surface area (Å²) in [6, 6.07) is 2.27. The molecule has 2 N–H and O–H groups in total. The Kier molecular flexibility index (Phi) is 3.83. The van der Waals surface area contributed by atoms with Gasteiger partial charge in [0.2, 0.25) is 0 Å². The third-order valence-electron chi connectivity index (χ3n) is 2.78. The van der Waals surface area contributed by atoms with Gasteiger partial charge in [0.15, 0.2) is 0 Å². The molecule has 1 aliphatic rings. The number of rotatable bonds is 3. The molecule has 1 aromatic rings. The van der Waals surface area contributed by atoms with Crippen LogP contribution in [0, 0.1) is 6.92 Å². The highest BCUT2D eigenvalue weighted by Crippen LogP contribution is 2.32. The van der Waals surface area contributed by atoms with Crippen molar-refractivity contribution in [1.82, 2.24) is 0 Å². The summed E-state index contributed by atoms with van der Waals surface area (Å²) >= 11 is 5.30. The highest BCUT2D eigenvalue weighted by Gasteiger charge is 2.20. The van der Waals surface area contributed by atoms with Gasteiger partial charge in [0.1, 0.15) is 0 Å². The quantitative estimate of drug-likeness (QED) is 0.926. The predicted molar refractivity (Wildman–Crippen MR) is 67.3 cm³/mol. The Balaban J connectivity index is 1.97. The van der Waals surface area contributed by atoms with Crippen molar-refractivity contribution in [2.24, 2.45) is 5.73 Å². The van der Waals surface area contributed by atoms with Crippen LogP contribution < -0.4 is 5.73 Å². The first kappa shape index (κ1) is 11.6. The first-order valence-electron chi connectivity index (χ1n) is 5.30. The highest BCUT2D eigenvalue weighted by molar-refractivity contribution is 9.10. The number of nitrogens with two attached hydrogens (primary N) is 1. The minimum Gasteiger partial charge on any atom is -0.378 e. The van der Waals surface area contributed by atoms with Crippen LogP contribution >= 0.6 is 27.3 Å². The van der Waals surface area contributed by atoms with Crippen molar-refractivity contribution in [1.29, 1.82) is 0 Å². The zero-order valence-electron chi connectivity index (χ0n) is 8.83. The Bertz CT molecular complexity index is 314. The topological polar surface area (TPSA) is 35.2 Å². The number of ether oxygens (including phenoxy) is 1. The molecule has 4 heteroatoms. The molecule has 0 amide bonds. The Morgan fingerprint density at radius 3 is 3.07 bits per heavy atom. The molecule has 2 atom stereocenters. The van der Waals surface area contributed by atoms with Crippen LogP contribution in [0.1, 0.15) is 35.1 Å². The number of halogens is 1. The lowest BCUT2D eigenvalue weighted by molar-refractivity contribution is 0.0986. The highest BCUT2D eigenvalue weighted by atomic mass is 79.9. The molecule has 2 rings (SSSR count). The van der Waals surface area contributed by atoms with Crippen molar-refractivity contribution >= 4 is 27.3 Å². The Labute approximate surface area is 103 Å². The summed E-state index contributed by atoms with van der Waals surface area (Å²) in [5, 5.41) is 0. The van der Waals surface area contributed by atoms with Crippen LogP contribution in [0.15, 0.2) is 10.5 Å². The smallest absolute Gasteiger partial charge is 0.0594 e. The molecule has 1 aromatic heterocycles. The molecule has 84 valence electrons. The Morgan fingerprint density at radius 1 is 1.73 bits per heavy atom. The molecular weight excluding hydrogens is 274 g/mol. The summed E-state index contributed by atoms with van der Waals surface area (Å²) in [6.45, 7) is 3.02. The van der Waals surface area contributed by atoms with Gasteiger partial charge in [-0.2, -0.15) is 0 Å². The average molecular weight is 290 g/mol. The van der Waals surface area contributed by atoms with Gasteiger partial charge < -0.3 is 10.5 Å². The van der Waals surface area contributed by atoms with Crippen molar-refractivity contribution < 1.29 is 4.74 Å². The maximum absolute atomic E-state index is 6.17. The second-order valence-corrected chi connectivity index (χ2v) is 6.17. The van der Waals surface area contributed by atoms with Gasteiger partial charge in [-0.25, -0.2) is 0 Å². The zero-order chi connectivity index (χ0) is 10.8.